The van der Waals surface area contributed by atoms with E-state index in [2.05, 4.69) is 27.4 Å². The van der Waals surface area contributed by atoms with Gasteiger partial charge in [0.1, 0.15) is 5.75 Å². The Morgan fingerprint density at radius 2 is 1.90 bits per heavy atom. The van der Waals surface area contributed by atoms with E-state index in [9.17, 15) is 13.2 Å². The van der Waals surface area contributed by atoms with Crippen molar-refractivity contribution in [2.24, 2.45) is 10.9 Å². The van der Waals surface area contributed by atoms with E-state index < -0.39 is 12.8 Å². The van der Waals surface area contributed by atoms with Gasteiger partial charge in [-0.05, 0) is 30.5 Å². The molecule has 0 radical (unpaired) electrons. The van der Waals surface area contributed by atoms with Gasteiger partial charge < -0.3 is 20.1 Å². The maximum absolute atomic E-state index is 12.2. The van der Waals surface area contributed by atoms with Crippen LogP contribution in [0.3, 0.4) is 0 Å². The summed E-state index contributed by atoms with van der Waals surface area (Å²) in [5.74, 6) is 1.37. The Hall–Kier alpha value is -2.00. The molecule has 29 heavy (non-hydrogen) atoms. The highest BCUT2D eigenvalue weighted by Gasteiger charge is 2.28. The Kier molecular flexibility index (Phi) is 9.53. The molecule has 2 N–H and O–H groups in total. The molecule has 9 heteroatoms. The van der Waals surface area contributed by atoms with Crippen LogP contribution < -0.4 is 15.4 Å². The van der Waals surface area contributed by atoms with Crippen LogP contribution in [0, 0.1) is 5.92 Å². The summed E-state index contributed by atoms with van der Waals surface area (Å²) >= 11 is 0. The number of alkyl halides is 3. The van der Waals surface area contributed by atoms with Crippen molar-refractivity contribution < 1.29 is 22.6 Å². The Bertz CT molecular complexity index is 617. The highest BCUT2D eigenvalue weighted by molar-refractivity contribution is 5.79. The van der Waals surface area contributed by atoms with Crippen LogP contribution in [0.4, 0.5) is 13.2 Å². The van der Waals surface area contributed by atoms with Crippen molar-refractivity contribution in [1.29, 1.82) is 0 Å². The molecular weight excluding hydrogens is 385 g/mol. The molecular formula is C20H31F3N4O2. The third kappa shape index (κ3) is 9.85. The van der Waals surface area contributed by atoms with Crippen molar-refractivity contribution >= 4 is 5.96 Å². The molecule has 1 aliphatic rings. The number of nitrogens with one attached hydrogen (secondary N) is 2. The largest absolute Gasteiger partial charge is 0.484 e. The predicted octanol–water partition coefficient (Wildman–Crippen LogP) is 2.65. The summed E-state index contributed by atoms with van der Waals surface area (Å²) in [6.07, 6.45) is -4.34. The first-order valence-electron chi connectivity index (χ1n) is 9.96. The van der Waals surface area contributed by atoms with Crippen molar-refractivity contribution in [3.8, 4) is 5.75 Å². The van der Waals surface area contributed by atoms with Gasteiger partial charge in [0, 0.05) is 32.7 Å². The minimum atomic E-state index is -4.34. The molecule has 1 aromatic carbocycles. The smallest absolute Gasteiger partial charge is 0.422 e. The zero-order valence-electron chi connectivity index (χ0n) is 17.1. The number of morpholine rings is 1. The molecule has 0 spiro atoms. The first-order chi connectivity index (χ1) is 13.9. The summed E-state index contributed by atoms with van der Waals surface area (Å²) in [5, 5.41) is 6.58. The van der Waals surface area contributed by atoms with Crippen LogP contribution in [0.15, 0.2) is 29.3 Å². The molecule has 1 aliphatic heterocycles. The van der Waals surface area contributed by atoms with E-state index in [0.717, 1.165) is 57.5 Å². The van der Waals surface area contributed by atoms with Crippen LogP contribution in [-0.2, 0) is 11.3 Å². The molecule has 1 heterocycles. The predicted molar refractivity (Wildman–Crippen MR) is 107 cm³/mol. The molecule has 1 atom stereocenters. The average Bonchev–Trinajstić information content (AvgIpc) is 2.69. The van der Waals surface area contributed by atoms with E-state index in [1.165, 1.54) is 12.1 Å². The maximum atomic E-state index is 12.2. The van der Waals surface area contributed by atoms with E-state index >= 15 is 0 Å². The van der Waals surface area contributed by atoms with E-state index in [4.69, 9.17) is 9.47 Å². The molecule has 0 aromatic heterocycles. The Morgan fingerprint density at radius 1 is 1.21 bits per heavy atom. The number of hydrogen-bond acceptors (Lipinski definition) is 4. The Balaban J connectivity index is 1.79. The number of hydrogen-bond donors (Lipinski definition) is 2. The summed E-state index contributed by atoms with van der Waals surface area (Å²) in [5.41, 5.74) is 0.892. The van der Waals surface area contributed by atoms with Crippen LogP contribution in [0.1, 0.15) is 19.4 Å². The molecule has 164 valence electrons. The van der Waals surface area contributed by atoms with Gasteiger partial charge >= 0.3 is 6.18 Å². The first-order valence-corrected chi connectivity index (χ1v) is 9.96. The maximum Gasteiger partial charge on any atom is 0.422 e. The normalized spacial score (nSPS) is 17.1. The van der Waals surface area contributed by atoms with Crippen molar-refractivity contribution in [2.45, 2.75) is 26.6 Å². The quantitative estimate of drug-likeness (QED) is 0.479. The van der Waals surface area contributed by atoms with E-state index in [1.54, 1.807) is 12.1 Å². The van der Waals surface area contributed by atoms with Gasteiger partial charge in [0.05, 0.1) is 19.8 Å². The van der Waals surface area contributed by atoms with E-state index in [1.807, 2.05) is 6.92 Å². The lowest BCUT2D eigenvalue weighted by atomic mass is 10.1. The number of aliphatic imine (C=N–C) groups is 1. The van der Waals surface area contributed by atoms with Gasteiger partial charge in [0.15, 0.2) is 12.6 Å². The molecule has 2 rings (SSSR count). The molecule has 0 saturated carbocycles. The van der Waals surface area contributed by atoms with Crippen LogP contribution in [0.2, 0.25) is 0 Å². The summed E-state index contributed by atoms with van der Waals surface area (Å²) < 4.78 is 46.7. The standard InChI is InChI=1S/C20H31F3N4O2/c1-3-24-19(25-12-16(2)14-27-8-10-28-11-9-27)26-13-17-4-6-18(7-5-17)29-15-20(21,22)23/h4-7,16H,3,8-15H2,1-2H3,(H2,24,25,26). The van der Waals surface area contributed by atoms with Gasteiger partial charge in [-0.2, -0.15) is 13.2 Å². The zero-order valence-corrected chi connectivity index (χ0v) is 17.1. The van der Waals surface area contributed by atoms with E-state index in [0.29, 0.717) is 12.5 Å². The SMILES string of the molecule is CCNC(=NCc1ccc(OCC(F)(F)F)cc1)NCC(C)CN1CCOCC1. The van der Waals surface area contributed by atoms with Crippen molar-refractivity contribution in [3.05, 3.63) is 29.8 Å². The van der Waals surface area contributed by atoms with E-state index in [-0.39, 0.29) is 5.75 Å². The fourth-order valence-corrected chi connectivity index (χ4v) is 2.93. The zero-order chi connectivity index (χ0) is 21.1. The molecule has 6 nitrogen and oxygen atoms in total. The van der Waals surface area contributed by atoms with Gasteiger partial charge in [0.25, 0.3) is 0 Å². The van der Waals surface area contributed by atoms with Crippen LogP contribution >= 0.6 is 0 Å². The van der Waals surface area contributed by atoms with Crippen molar-refractivity contribution in [2.75, 3.05) is 52.5 Å². The number of nitrogens with zero attached hydrogens (tertiary/aromatic N) is 2. The minimum Gasteiger partial charge on any atom is -0.484 e. The fourth-order valence-electron chi connectivity index (χ4n) is 2.93. The summed E-state index contributed by atoms with van der Waals surface area (Å²) in [6, 6.07) is 6.50. The highest BCUT2D eigenvalue weighted by Crippen LogP contribution is 2.19. The monoisotopic (exact) mass is 416 g/mol. The van der Waals surface area contributed by atoms with Gasteiger partial charge in [-0.25, -0.2) is 4.99 Å². The summed E-state index contributed by atoms with van der Waals surface area (Å²) in [6.45, 7) is 9.43. The fraction of sp³-hybridized carbons (Fsp3) is 0.650. The lowest BCUT2D eigenvalue weighted by Crippen LogP contribution is -2.44. The van der Waals surface area contributed by atoms with Crippen LogP contribution in [0.25, 0.3) is 0 Å². The summed E-state index contributed by atoms with van der Waals surface area (Å²) in [7, 11) is 0. The molecule has 0 bridgehead atoms. The Labute approximate surface area is 170 Å². The highest BCUT2D eigenvalue weighted by atomic mass is 19.4. The van der Waals surface area contributed by atoms with Crippen LogP contribution in [0.5, 0.6) is 5.75 Å². The molecule has 1 saturated heterocycles. The third-order valence-corrected chi connectivity index (χ3v) is 4.38. The molecule has 0 amide bonds. The van der Waals surface area contributed by atoms with Gasteiger partial charge in [-0.3, -0.25) is 4.90 Å². The first kappa shape index (κ1) is 23.3. The molecule has 1 aromatic rings. The van der Waals surface area contributed by atoms with Gasteiger partial charge in [-0.1, -0.05) is 19.1 Å². The van der Waals surface area contributed by atoms with Crippen molar-refractivity contribution in [1.82, 2.24) is 15.5 Å². The molecule has 1 unspecified atom stereocenters. The number of benzene rings is 1. The molecule has 1 fully saturated rings. The number of guanidine groups is 1. The lowest BCUT2D eigenvalue weighted by Gasteiger charge is -2.29. The minimum absolute atomic E-state index is 0.192. The molecule has 0 aliphatic carbocycles. The third-order valence-electron chi connectivity index (χ3n) is 4.38. The van der Waals surface area contributed by atoms with Crippen LogP contribution in [-0.4, -0.2) is 69.6 Å². The van der Waals surface area contributed by atoms with Gasteiger partial charge in [0.2, 0.25) is 0 Å². The second-order valence-electron chi connectivity index (χ2n) is 7.14. The number of rotatable bonds is 9. The number of halogens is 3. The topological polar surface area (TPSA) is 58.1 Å². The lowest BCUT2D eigenvalue weighted by molar-refractivity contribution is -0.153. The van der Waals surface area contributed by atoms with Crippen molar-refractivity contribution in [3.63, 3.8) is 0 Å². The Morgan fingerprint density at radius 3 is 2.52 bits per heavy atom. The van der Waals surface area contributed by atoms with Gasteiger partial charge in [-0.15, -0.1) is 0 Å². The second-order valence-corrected chi connectivity index (χ2v) is 7.14. The summed E-state index contributed by atoms with van der Waals surface area (Å²) in [4.78, 5) is 6.96. The second kappa shape index (κ2) is 11.9. The average molecular weight is 416 g/mol. The number of ether oxygens (including phenoxy) is 2.